The molecule has 2 aliphatic rings. The second kappa shape index (κ2) is 10.4. The van der Waals surface area contributed by atoms with E-state index in [2.05, 4.69) is 12.2 Å². The molecule has 1 saturated carbocycles. The molecule has 2 aliphatic carbocycles. The number of carbonyl (C=O) groups excluding carboxylic acids is 3. The molecule has 0 heterocycles. The van der Waals surface area contributed by atoms with Crippen molar-refractivity contribution in [1.29, 1.82) is 0 Å². The smallest absolute Gasteiger partial charge is 0.184 e. The number of hydrogen-bond acceptors (Lipinski definition) is 4. The lowest BCUT2D eigenvalue weighted by molar-refractivity contribution is -0.179. The SMILES string of the molecule is CC(C)=CCC[C@@]1(C)[C@H](CC=C(C)C)C[C@]2(C)C(=O)[C@]1(C(=O)C(C)C)C(=O)C(CC=C(C)C)=C2O. The third-order valence-electron chi connectivity index (χ3n) is 8.31. The van der Waals surface area contributed by atoms with Crippen molar-refractivity contribution < 1.29 is 19.5 Å². The molecule has 2 rings (SSSR count). The Morgan fingerprint density at radius 3 is 2.00 bits per heavy atom. The Balaban J connectivity index is 2.95. The van der Waals surface area contributed by atoms with Gasteiger partial charge in [0, 0.05) is 11.5 Å². The van der Waals surface area contributed by atoms with Crippen molar-refractivity contribution in [1.82, 2.24) is 0 Å². The minimum absolute atomic E-state index is 0.107. The first-order valence-corrected chi connectivity index (χ1v) is 13.0. The first kappa shape index (κ1) is 29.0. The number of aliphatic hydroxyl groups is 1. The normalized spacial score (nSPS) is 30.3. The molecule has 1 N–H and O–H groups in total. The van der Waals surface area contributed by atoms with E-state index in [1.807, 2.05) is 54.5 Å². The highest BCUT2D eigenvalue weighted by Gasteiger charge is 2.75. The van der Waals surface area contributed by atoms with E-state index >= 15 is 0 Å². The number of allylic oxidation sites excluding steroid dienone is 8. The average molecular weight is 483 g/mol. The van der Waals surface area contributed by atoms with Crippen molar-refractivity contribution in [2.45, 2.75) is 101 Å². The quantitative estimate of drug-likeness (QED) is 0.270. The molecule has 4 heteroatoms. The fourth-order valence-electron chi connectivity index (χ4n) is 6.23. The maximum Gasteiger partial charge on any atom is 0.184 e. The van der Waals surface area contributed by atoms with Gasteiger partial charge in [0.15, 0.2) is 22.8 Å². The van der Waals surface area contributed by atoms with E-state index in [1.165, 1.54) is 5.57 Å². The number of aliphatic hydroxyl groups excluding tert-OH is 1. The summed E-state index contributed by atoms with van der Waals surface area (Å²) in [5, 5.41) is 11.4. The predicted octanol–water partition coefficient (Wildman–Crippen LogP) is 7.65. The molecular formula is C31H46O4. The van der Waals surface area contributed by atoms with Crippen LogP contribution in [0.3, 0.4) is 0 Å². The highest BCUT2D eigenvalue weighted by molar-refractivity contribution is 6.33. The summed E-state index contributed by atoms with van der Waals surface area (Å²) < 4.78 is 0. The lowest BCUT2D eigenvalue weighted by Crippen LogP contribution is -2.70. The van der Waals surface area contributed by atoms with Crippen LogP contribution in [0.1, 0.15) is 101 Å². The third kappa shape index (κ3) is 4.78. The second-order valence-corrected chi connectivity index (χ2v) is 12.2. The highest BCUT2D eigenvalue weighted by atomic mass is 16.3. The van der Waals surface area contributed by atoms with Gasteiger partial charge in [-0.25, -0.2) is 0 Å². The molecule has 35 heavy (non-hydrogen) atoms. The molecule has 194 valence electrons. The minimum Gasteiger partial charge on any atom is -0.511 e. The fraction of sp³-hybridized carbons (Fsp3) is 0.645. The first-order chi connectivity index (χ1) is 16.1. The van der Waals surface area contributed by atoms with Crippen LogP contribution < -0.4 is 0 Å². The monoisotopic (exact) mass is 482 g/mol. The van der Waals surface area contributed by atoms with Crippen molar-refractivity contribution in [2.75, 3.05) is 0 Å². The molecule has 0 saturated heterocycles. The number of rotatable bonds is 9. The van der Waals surface area contributed by atoms with Crippen LogP contribution in [0, 0.1) is 28.1 Å². The molecule has 1 fully saturated rings. The fourth-order valence-corrected chi connectivity index (χ4v) is 6.23. The molecule has 0 aromatic carbocycles. The Morgan fingerprint density at radius 1 is 0.971 bits per heavy atom. The molecule has 0 amide bonds. The van der Waals surface area contributed by atoms with Crippen molar-refractivity contribution in [3.63, 3.8) is 0 Å². The first-order valence-electron chi connectivity index (χ1n) is 13.0. The Hall–Kier alpha value is -2.23. The van der Waals surface area contributed by atoms with Crippen molar-refractivity contribution >= 4 is 17.3 Å². The lowest BCUT2D eigenvalue weighted by atomic mass is 9.38. The molecule has 0 spiro atoms. The van der Waals surface area contributed by atoms with Crippen LogP contribution in [0.4, 0.5) is 0 Å². The van der Waals surface area contributed by atoms with Crippen LogP contribution in [0.25, 0.3) is 0 Å². The highest BCUT2D eigenvalue weighted by Crippen LogP contribution is 2.66. The molecule has 0 radical (unpaired) electrons. The van der Waals surface area contributed by atoms with E-state index in [9.17, 15) is 19.5 Å². The molecule has 4 nitrogen and oxygen atoms in total. The number of ketones is 3. The van der Waals surface area contributed by atoms with Crippen LogP contribution in [0.2, 0.25) is 0 Å². The van der Waals surface area contributed by atoms with E-state index in [1.54, 1.807) is 20.8 Å². The van der Waals surface area contributed by atoms with Crippen molar-refractivity contribution in [3.05, 3.63) is 46.3 Å². The van der Waals surface area contributed by atoms with Crippen molar-refractivity contribution in [3.8, 4) is 0 Å². The summed E-state index contributed by atoms with van der Waals surface area (Å²) in [6, 6.07) is 0. The van der Waals surface area contributed by atoms with Gasteiger partial charge < -0.3 is 5.11 Å². The molecule has 4 atom stereocenters. The van der Waals surface area contributed by atoms with Gasteiger partial charge in [-0.3, -0.25) is 14.4 Å². The van der Waals surface area contributed by atoms with E-state index in [-0.39, 0.29) is 29.5 Å². The van der Waals surface area contributed by atoms with Gasteiger partial charge in [0.2, 0.25) is 0 Å². The van der Waals surface area contributed by atoms with Gasteiger partial charge in [0.05, 0.1) is 5.41 Å². The van der Waals surface area contributed by atoms with Crippen LogP contribution in [-0.2, 0) is 14.4 Å². The minimum atomic E-state index is -1.79. The van der Waals surface area contributed by atoms with E-state index in [0.29, 0.717) is 25.7 Å². The average Bonchev–Trinajstić information content (AvgIpc) is 2.74. The Labute approximate surface area is 212 Å². The predicted molar refractivity (Wildman–Crippen MR) is 143 cm³/mol. The van der Waals surface area contributed by atoms with Gasteiger partial charge in [-0.2, -0.15) is 0 Å². The summed E-state index contributed by atoms with van der Waals surface area (Å²) in [6.07, 6.45) is 8.72. The summed E-state index contributed by atoms with van der Waals surface area (Å²) in [7, 11) is 0. The maximum atomic E-state index is 14.5. The number of hydrogen-bond donors (Lipinski definition) is 1. The zero-order valence-electron chi connectivity index (χ0n) is 23.6. The van der Waals surface area contributed by atoms with Crippen LogP contribution >= 0.6 is 0 Å². The van der Waals surface area contributed by atoms with E-state index in [4.69, 9.17) is 0 Å². The molecular weight excluding hydrogens is 436 g/mol. The number of carbonyl (C=O) groups is 3. The second-order valence-electron chi connectivity index (χ2n) is 12.2. The van der Waals surface area contributed by atoms with E-state index < -0.39 is 33.7 Å². The maximum absolute atomic E-state index is 14.5. The topological polar surface area (TPSA) is 71.4 Å². The zero-order valence-corrected chi connectivity index (χ0v) is 23.6. The Morgan fingerprint density at radius 2 is 1.51 bits per heavy atom. The Bertz CT molecular complexity index is 1010. The molecule has 2 bridgehead atoms. The van der Waals surface area contributed by atoms with Gasteiger partial charge in [-0.05, 0) is 91.9 Å². The lowest BCUT2D eigenvalue weighted by Gasteiger charge is -2.60. The molecule has 0 aromatic heterocycles. The summed E-state index contributed by atoms with van der Waals surface area (Å²) in [6.45, 7) is 19.3. The third-order valence-corrected chi connectivity index (χ3v) is 8.31. The van der Waals surface area contributed by atoms with Crippen molar-refractivity contribution in [2.24, 2.45) is 28.1 Å². The Kier molecular flexibility index (Phi) is 8.62. The largest absolute Gasteiger partial charge is 0.511 e. The molecule has 0 unspecified atom stereocenters. The van der Waals surface area contributed by atoms with Crippen LogP contribution in [0.5, 0.6) is 0 Å². The van der Waals surface area contributed by atoms with Gasteiger partial charge in [-0.1, -0.05) is 55.7 Å². The van der Waals surface area contributed by atoms with Gasteiger partial charge >= 0.3 is 0 Å². The summed E-state index contributed by atoms with van der Waals surface area (Å²) in [4.78, 5) is 43.1. The summed E-state index contributed by atoms with van der Waals surface area (Å²) in [5.41, 5.74) is -0.332. The molecule has 0 aromatic rings. The summed E-state index contributed by atoms with van der Waals surface area (Å²) >= 11 is 0. The van der Waals surface area contributed by atoms with Gasteiger partial charge in [0.25, 0.3) is 0 Å². The van der Waals surface area contributed by atoms with Gasteiger partial charge in [-0.15, -0.1) is 0 Å². The number of fused-ring (bicyclic) bond motifs is 2. The van der Waals surface area contributed by atoms with Crippen LogP contribution in [-0.4, -0.2) is 22.5 Å². The standard InChI is InChI=1S/C31H46O4/c1-19(2)12-11-17-30(10)23(15-13-20(3)4)18-29(9)26(33)24(16-14-21(5)6)27(34)31(30,28(29)35)25(32)22(7)8/h12-14,22-23,33H,11,15-18H2,1-10H3/t23-,29+,30+,31+/m1/s1. The molecule has 0 aliphatic heterocycles. The number of Topliss-reactive ketones (excluding diaryl/α,β-unsaturated/α-hetero) is 3. The van der Waals surface area contributed by atoms with Crippen LogP contribution in [0.15, 0.2) is 46.3 Å². The summed E-state index contributed by atoms with van der Waals surface area (Å²) in [5.74, 6) is -1.91. The van der Waals surface area contributed by atoms with E-state index in [0.717, 1.165) is 11.1 Å². The van der Waals surface area contributed by atoms with Gasteiger partial charge in [0.1, 0.15) is 5.76 Å². The zero-order chi connectivity index (χ0) is 26.9.